The smallest absolute Gasteiger partial charge is 0.337 e. The highest BCUT2D eigenvalue weighted by atomic mass is 35.5. The molecule has 0 unspecified atom stereocenters. The van der Waals surface area contributed by atoms with Gasteiger partial charge < -0.3 is 10.4 Å². The van der Waals surface area contributed by atoms with E-state index in [1.165, 1.54) is 43.3 Å². The number of nitrogens with one attached hydrogen (secondary N) is 1. The number of hydrogen-bond donors (Lipinski definition) is 2. The molecule has 0 saturated heterocycles. The Bertz CT molecular complexity index is 731. The Kier molecular flexibility index (Phi) is 4.23. The number of benzene rings is 2. The Labute approximate surface area is 125 Å². The van der Waals surface area contributed by atoms with Gasteiger partial charge in [-0.2, -0.15) is 0 Å². The molecular weight excluding hydrogens is 297 g/mol. The summed E-state index contributed by atoms with van der Waals surface area (Å²) in [6.45, 7) is 1.54. The number of amides is 1. The number of aromatic carboxylic acids is 1. The summed E-state index contributed by atoms with van der Waals surface area (Å²) in [6, 6.07) is 8.02. The Balaban J connectivity index is 2.31. The van der Waals surface area contributed by atoms with Crippen LogP contribution in [0.2, 0.25) is 5.02 Å². The van der Waals surface area contributed by atoms with Gasteiger partial charge >= 0.3 is 5.97 Å². The van der Waals surface area contributed by atoms with Crippen LogP contribution >= 0.6 is 11.6 Å². The molecule has 0 saturated carbocycles. The highest BCUT2D eigenvalue weighted by Crippen LogP contribution is 2.21. The molecule has 0 aromatic heterocycles. The molecule has 0 bridgehead atoms. The lowest BCUT2D eigenvalue weighted by Crippen LogP contribution is -2.15. The molecule has 2 rings (SSSR count). The third-order valence-electron chi connectivity index (χ3n) is 2.88. The van der Waals surface area contributed by atoms with Crippen molar-refractivity contribution >= 4 is 29.2 Å². The van der Waals surface area contributed by atoms with Crippen LogP contribution in [0.25, 0.3) is 0 Å². The van der Waals surface area contributed by atoms with Crippen LogP contribution in [-0.4, -0.2) is 17.0 Å². The minimum atomic E-state index is -1.21. The predicted molar refractivity (Wildman–Crippen MR) is 77.5 cm³/mol. The van der Waals surface area contributed by atoms with Crippen LogP contribution in [0.4, 0.5) is 10.1 Å². The van der Waals surface area contributed by atoms with Crippen LogP contribution in [-0.2, 0) is 0 Å². The van der Waals surface area contributed by atoms with Gasteiger partial charge in [-0.1, -0.05) is 11.6 Å². The third kappa shape index (κ3) is 3.38. The molecule has 1 amide bonds. The lowest BCUT2D eigenvalue weighted by molar-refractivity contribution is 0.0698. The van der Waals surface area contributed by atoms with Crippen LogP contribution in [0.15, 0.2) is 36.4 Å². The molecule has 0 fully saturated rings. The lowest BCUT2D eigenvalue weighted by atomic mass is 10.1. The average Bonchev–Trinajstić information content (AvgIpc) is 2.43. The number of carboxylic acids is 1. The Morgan fingerprint density at radius 2 is 1.90 bits per heavy atom. The number of halogens is 2. The number of carboxylic acid groups (broad SMARTS) is 1. The maximum atomic E-state index is 13.2. The molecule has 2 aromatic rings. The number of rotatable bonds is 3. The van der Waals surface area contributed by atoms with E-state index in [-0.39, 0.29) is 21.8 Å². The highest BCUT2D eigenvalue weighted by Gasteiger charge is 2.14. The van der Waals surface area contributed by atoms with Crippen molar-refractivity contribution in [2.75, 3.05) is 5.32 Å². The van der Waals surface area contributed by atoms with Crippen LogP contribution in [0.1, 0.15) is 26.3 Å². The summed E-state index contributed by atoms with van der Waals surface area (Å²) in [5, 5.41) is 11.8. The maximum absolute atomic E-state index is 13.2. The van der Waals surface area contributed by atoms with E-state index in [0.29, 0.717) is 5.56 Å². The van der Waals surface area contributed by atoms with Gasteiger partial charge in [-0.15, -0.1) is 0 Å². The van der Waals surface area contributed by atoms with Crippen molar-refractivity contribution in [3.05, 3.63) is 63.9 Å². The molecule has 108 valence electrons. The standard InChI is InChI=1S/C15H11ClFNO3/c1-8-6-9(2-4-12(8)17)14(19)18-13-5-3-10(16)7-11(13)15(20)21/h2-7H,1H3,(H,18,19)(H,20,21). The summed E-state index contributed by atoms with van der Waals surface area (Å²) in [4.78, 5) is 23.2. The minimum absolute atomic E-state index is 0.116. The zero-order chi connectivity index (χ0) is 15.6. The van der Waals surface area contributed by atoms with Crippen molar-refractivity contribution < 1.29 is 19.1 Å². The van der Waals surface area contributed by atoms with Gasteiger partial charge in [-0.3, -0.25) is 4.79 Å². The van der Waals surface area contributed by atoms with E-state index >= 15 is 0 Å². The molecule has 2 aromatic carbocycles. The normalized spacial score (nSPS) is 10.2. The predicted octanol–water partition coefficient (Wildman–Crippen LogP) is 3.74. The van der Waals surface area contributed by atoms with E-state index in [4.69, 9.17) is 16.7 Å². The SMILES string of the molecule is Cc1cc(C(=O)Nc2ccc(Cl)cc2C(=O)O)ccc1F. The Hall–Kier alpha value is -2.40. The molecule has 6 heteroatoms. The largest absolute Gasteiger partial charge is 0.478 e. The van der Waals surface area contributed by atoms with Gasteiger partial charge in [0.05, 0.1) is 11.3 Å². The van der Waals surface area contributed by atoms with Gasteiger partial charge in [0.15, 0.2) is 0 Å². The van der Waals surface area contributed by atoms with E-state index in [2.05, 4.69) is 5.32 Å². The van der Waals surface area contributed by atoms with Gasteiger partial charge in [-0.05, 0) is 48.9 Å². The minimum Gasteiger partial charge on any atom is -0.478 e. The van der Waals surface area contributed by atoms with Crippen LogP contribution in [0.5, 0.6) is 0 Å². The molecule has 2 N–H and O–H groups in total. The Morgan fingerprint density at radius 3 is 2.52 bits per heavy atom. The molecule has 0 radical (unpaired) electrons. The number of aryl methyl sites for hydroxylation is 1. The first-order valence-electron chi connectivity index (χ1n) is 5.99. The summed E-state index contributed by atoms with van der Waals surface area (Å²) in [5.41, 5.74) is 0.575. The van der Waals surface area contributed by atoms with E-state index < -0.39 is 17.7 Å². The summed E-state index contributed by atoms with van der Waals surface area (Å²) in [7, 11) is 0. The number of hydrogen-bond acceptors (Lipinski definition) is 2. The molecule has 0 heterocycles. The van der Waals surface area contributed by atoms with E-state index in [0.717, 1.165) is 0 Å². The van der Waals surface area contributed by atoms with Crippen LogP contribution in [0, 0.1) is 12.7 Å². The monoisotopic (exact) mass is 307 g/mol. The van der Waals surface area contributed by atoms with Gasteiger partial charge in [0.1, 0.15) is 5.82 Å². The highest BCUT2D eigenvalue weighted by molar-refractivity contribution is 6.31. The molecule has 0 atom stereocenters. The van der Waals surface area contributed by atoms with Gasteiger partial charge in [0, 0.05) is 10.6 Å². The zero-order valence-corrected chi connectivity index (χ0v) is 11.7. The van der Waals surface area contributed by atoms with Gasteiger partial charge in [0.25, 0.3) is 5.91 Å². The lowest BCUT2D eigenvalue weighted by Gasteiger charge is -2.09. The second kappa shape index (κ2) is 5.93. The van der Waals surface area contributed by atoms with Crippen LogP contribution in [0.3, 0.4) is 0 Å². The molecule has 21 heavy (non-hydrogen) atoms. The number of anilines is 1. The quantitative estimate of drug-likeness (QED) is 0.907. The molecule has 0 aliphatic carbocycles. The summed E-state index contributed by atoms with van der Waals surface area (Å²) < 4.78 is 13.2. The summed E-state index contributed by atoms with van der Waals surface area (Å²) >= 11 is 5.73. The zero-order valence-electron chi connectivity index (χ0n) is 11.0. The second-order valence-electron chi connectivity index (χ2n) is 4.41. The molecule has 0 spiro atoms. The Morgan fingerprint density at radius 1 is 1.19 bits per heavy atom. The van der Waals surface area contributed by atoms with Crippen molar-refractivity contribution in [2.45, 2.75) is 6.92 Å². The van der Waals surface area contributed by atoms with E-state index in [1.807, 2.05) is 0 Å². The van der Waals surface area contributed by atoms with E-state index in [1.54, 1.807) is 0 Å². The van der Waals surface area contributed by atoms with E-state index in [9.17, 15) is 14.0 Å². The van der Waals surface area contributed by atoms with Crippen LogP contribution < -0.4 is 5.32 Å². The van der Waals surface area contributed by atoms with Gasteiger partial charge in [-0.25, -0.2) is 9.18 Å². The topological polar surface area (TPSA) is 66.4 Å². The first-order chi connectivity index (χ1) is 9.88. The first-order valence-corrected chi connectivity index (χ1v) is 6.36. The first kappa shape index (κ1) is 15.0. The third-order valence-corrected chi connectivity index (χ3v) is 3.12. The van der Waals surface area contributed by atoms with Crippen molar-refractivity contribution in [1.29, 1.82) is 0 Å². The van der Waals surface area contributed by atoms with Crippen molar-refractivity contribution in [1.82, 2.24) is 0 Å². The fourth-order valence-corrected chi connectivity index (χ4v) is 1.95. The number of carbonyl (C=O) groups is 2. The maximum Gasteiger partial charge on any atom is 0.337 e. The molecule has 4 nitrogen and oxygen atoms in total. The second-order valence-corrected chi connectivity index (χ2v) is 4.85. The van der Waals surface area contributed by atoms with Crippen molar-refractivity contribution in [2.24, 2.45) is 0 Å². The van der Waals surface area contributed by atoms with Crippen molar-refractivity contribution in [3.8, 4) is 0 Å². The summed E-state index contributed by atoms with van der Waals surface area (Å²) in [5.74, 6) is -2.14. The average molecular weight is 308 g/mol. The summed E-state index contributed by atoms with van der Waals surface area (Å²) in [6.07, 6.45) is 0. The molecule has 0 aliphatic rings. The molecule has 0 aliphatic heterocycles. The fraction of sp³-hybridized carbons (Fsp3) is 0.0667. The molecular formula is C15H11ClFNO3. The van der Waals surface area contributed by atoms with Gasteiger partial charge in [0.2, 0.25) is 0 Å². The number of carbonyl (C=O) groups excluding carboxylic acids is 1. The van der Waals surface area contributed by atoms with Crippen molar-refractivity contribution in [3.63, 3.8) is 0 Å². The fourth-order valence-electron chi connectivity index (χ4n) is 1.78.